The van der Waals surface area contributed by atoms with E-state index in [0.29, 0.717) is 16.9 Å². The van der Waals surface area contributed by atoms with Crippen LogP contribution in [0.25, 0.3) is 11.1 Å². The second-order valence-electron chi connectivity index (χ2n) is 7.37. The molecule has 1 aliphatic carbocycles. The Kier molecular flexibility index (Phi) is 4.40. The average molecular weight is 428 g/mol. The maximum atomic E-state index is 13.5. The molecular formula is C20H20N4O5S. The van der Waals surface area contributed by atoms with Crippen molar-refractivity contribution in [3.8, 4) is 0 Å². The Balaban J connectivity index is 1.56. The number of nitrogens with one attached hydrogen (secondary N) is 1. The third-order valence-corrected chi connectivity index (χ3v) is 7.25. The third kappa shape index (κ3) is 3.17. The molecule has 1 aliphatic rings. The molecule has 5 rings (SSSR count). The first kappa shape index (κ1) is 18.9. The molecule has 1 N–H and O–H groups in total. The summed E-state index contributed by atoms with van der Waals surface area (Å²) in [4.78, 5) is 14.0. The molecule has 156 valence electrons. The van der Waals surface area contributed by atoms with Crippen LogP contribution in [0.5, 0.6) is 0 Å². The van der Waals surface area contributed by atoms with Crippen molar-refractivity contribution in [2.45, 2.75) is 37.2 Å². The van der Waals surface area contributed by atoms with Crippen LogP contribution in [0.1, 0.15) is 29.1 Å². The van der Waals surface area contributed by atoms with E-state index >= 15 is 0 Å². The molecule has 0 bridgehead atoms. The third-order valence-electron chi connectivity index (χ3n) is 5.46. The largest absolute Gasteiger partial charge is 0.468 e. The fourth-order valence-corrected chi connectivity index (χ4v) is 5.43. The van der Waals surface area contributed by atoms with Gasteiger partial charge in [0, 0.05) is 12.7 Å². The van der Waals surface area contributed by atoms with Crippen LogP contribution in [-0.2, 0) is 43.0 Å². The molecule has 4 aromatic rings. The minimum Gasteiger partial charge on any atom is -0.468 e. The molecule has 3 aromatic heterocycles. The predicted octanol–water partition coefficient (Wildman–Crippen LogP) is 2.33. The van der Waals surface area contributed by atoms with Gasteiger partial charge in [0.05, 0.1) is 35.5 Å². The van der Waals surface area contributed by atoms with Crippen LogP contribution >= 0.6 is 0 Å². The van der Waals surface area contributed by atoms with Gasteiger partial charge in [-0.1, -0.05) is 0 Å². The number of rotatable bonds is 6. The van der Waals surface area contributed by atoms with E-state index in [1.165, 1.54) is 28.8 Å². The Hall–Kier alpha value is -3.11. The monoisotopic (exact) mass is 428 g/mol. The highest BCUT2D eigenvalue weighted by molar-refractivity contribution is 7.89. The van der Waals surface area contributed by atoms with E-state index in [1.807, 2.05) is 11.7 Å². The second-order valence-corrected chi connectivity index (χ2v) is 9.31. The zero-order valence-corrected chi connectivity index (χ0v) is 17.1. The molecule has 9 nitrogen and oxygen atoms in total. The number of aryl methyl sites for hydroxylation is 1. The van der Waals surface area contributed by atoms with E-state index in [0.717, 1.165) is 36.2 Å². The minimum absolute atomic E-state index is 0.0613. The van der Waals surface area contributed by atoms with Gasteiger partial charge in [0.2, 0.25) is 10.0 Å². The summed E-state index contributed by atoms with van der Waals surface area (Å²) in [5.74, 6) is -0.0972. The first-order chi connectivity index (χ1) is 14.4. The van der Waals surface area contributed by atoms with Crippen LogP contribution in [0.4, 0.5) is 0 Å². The molecule has 0 radical (unpaired) electrons. The highest BCUT2D eigenvalue weighted by Gasteiger charge is 2.30. The predicted molar refractivity (Wildman–Crippen MR) is 107 cm³/mol. The van der Waals surface area contributed by atoms with Crippen molar-refractivity contribution in [1.29, 1.82) is 0 Å². The number of nitrogens with zero attached hydrogens (tertiary/aromatic N) is 3. The van der Waals surface area contributed by atoms with E-state index in [-0.39, 0.29) is 18.0 Å². The number of benzene rings is 1. The number of aromatic nitrogens is 3. The second kappa shape index (κ2) is 6.99. The number of hydrogen-bond acceptors (Lipinski definition) is 6. The van der Waals surface area contributed by atoms with Crippen LogP contribution in [0, 0.1) is 0 Å². The summed E-state index contributed by atoms with van der Waals surface area (Å²) < 4.78 is 40.7. The Morgan fingerprint density at radius 1 is 1.23 bits per heavy atom. The van der Waals surface area contributed by atoms with E-state index < -0.39 is 15.8 Å². The summed E-state index contributed by atoms with van der Waals surface area (Å²) in [5, 5.41) is 4.58. The number of sulfonamides is 1. The van der Waals surface area contributed by atoms with Gasteiger partial charge in [-0.05, 0) is 55.2 Å². The summed E-state index contributed by atoms with van der Waals surface area (Å²) in [6.45, 7) is 0.201. The first-order valence-corrected chi connectivity index (χ1v) is 11.0. The maximum absolute atomic E-state index is 13.5. The summed E-state index contributed by atoms with van der Waals surface area (Å²) in [6.07, 6.45) is 4.41. The molecule has 0 saturated carbocycles. The zero-order chi connectivity index (χ0) is 20.9. The molecule has 0 fully saturated rings. The van der Waals surface area contributed by atoms with Crippen molar-refractivity contribution in [3.05, 3.63) is 69.9 Å². The molecule has 3 heterocycles. The van der Waals surface area contributed by atoms with Crippen molar-refractivity contribution in [3.63, 3.8) is 0 Å². The Morgan fingerprint density at radius 2 is 2.10 bits per heavy atom. The van der Waals surface area contributed by atoms with Gasteiger partial charge in [-0.3, -0.25) is 9.67 Å². The van der Waals surface area contributed by atoms with Gasteiger partial charge in [0.25, 0.3) is 0 Å². The summed E-state index contributed by atoms with van der Waals surface area (Å²) in [7, 11) is -2.01. The van der Waals surface area contributed by atoms with Gasteiger partial charge in [-0.25, -0.2) is 13.2 Å². The topological polar surface area (TPSA) is 114 Å². The van der Waals surface area contributed by atoms with Gasteiger partial charge in [0.15, 0.2) is 5.58 Å². The lowest BCUT2D eigenvalue weighted by Crippen LogP contribution is -2.30. The molecular weight excluding hydrogens is 408 g/mol. The SMILES string of the molecule is Cn1nc(CN(Cc2ccco2)S(=O)(=O)c2ccc3oc(=O)[nH]c3c2)c2c1CCC2. The molecule has 10 heteroatoms. The van der Waals surface area contributed by atoms with Gasteiger partial charge in [0.1, 0.15) is 5.76 Å². The Labute approximate surface area is 172 Å². The number of aromatic amines is 1. The Bertz CT molecular complexity index is 1380. The molecule has 1 aromatic carbocycles. The lowest BCUT2D eigenvalue weighted by molar-refractivity contribution is 0.354. The Morgan fingerprint density at radius 3 is 2.90 bits per heavy atom. The molecule has 0 saturated heterocycles. The van der Waals surface area contributed by atoms with Crippen LogP contribution in [0.15, 0.2) is 55.1 Å². The molecule has 30 heavy (non-hydrogen) atoms. The molecule has 0 unspecified atom stereocenters. The maximum Gasteiger partial charge on any atom is 0.417 e. The smallest absolute Gasteiger partial charge is 0.417 e. The van der Waals surface area contributed by atoms with Crippen LogP contribution in [0.3, 0.4) is 0 Å². The number of furan rings is 1. The quantitative estimate of drug-likeness (QED) is 0.504. The minimum atomic E-state index is -3.91. The normalized spacial score (nSPS) is 14.1. The molecule has 0 aliphatic heterocycles. The number of H-pyrrole nitrogens is 1. The summed E-state index contributed by atoms with van der Waals surface area (Å²) >= 11 is 0. The van der Waals surface area contributed by atoms with Crippen LogP contribution in [0.2, 0.25) is 0 Å². The number of fused-ring (bicyclic) bond motifs is 2. The van der Waals surface area contributed by atoms with E-state index in [4.69, 9.17) is 8.83 Å². The van der Waals surface area contributed by atoms with E-state index in [9.17, 15) is 13.2 Å². The highest BCUT2D eigenvalue weighted by atomic mass is 32.2. The summed E-state index contributed by atoms with van der Waals surface area (Å²) in [6, 6.07) is 7.78. The first-order valence-electron chi connectivity index (χ1n) is 9.61. The van der Waals surface area contributed by atoms with Crippen molar-refractivity contribution in [1.82, 2.24) is 19.1 Å². The van der Waals surface area contributed by atoms with E-state index in [1.54, 1.807) is 12.1 Å². The van der Waals surface area contributed by atoms with Gasteiger partial charge in [-0.15, -0.1) is 0 Å². The van der Waals surface area contributed by atoms with E-state index in [2.05, 4.69) is 10.1 Å². The van der Waals surface area contributed by atoms with Crippen LogP contribution in [-0.4, -0.2) is 27.5 Å². The van der Waals surface area contributed by atoms with Crippen molar-refractivity contribution >= 4 is 21.1 Å². The average Bonchev–Trinajstić information content (AvgIpc) is 3.47. The number of oxazole rings is 1. The van der Waals surface area contributed by atoms with Crippen LogP contribution < -0.4 is 5.76 Å². The lowest BCUT2D eigenvalue weighted by atomic mass is 10.2. The fraction of sp³-hybridized carbons (Fsp3) is 0.300. The van der Waals surface area contributed by atoms with Gasteiger partial charge < -0.3 is 8.83 Å². The molecule has 0 atom stereocenters. The number of hydrogen-bond donors (Lipinski definition) is 1. The highest BCUT2D eigenvalue weighted by Crippen LogP contribution is 2.29. The molecule has 0 spiro atoms. The lowest BCUT2D eigenvalue weighted by Gasteiger charge is -2.21. The van der Waals surface area contributed by atoms with Crippen molar-refractivity contribution < 1.29 is 17.3 Å². The zero-order valence-electron chi connectivity index (χ0n) is 16.3. The van der Waals surface area contributed by atoms with Crippen molar-refractivity contribution in [2.75, 3.05) is 0 Å². The van der Waals surface area contributed by atoms with Gasteiger partial charge in [-0.2, -0.15) is 9.40 Å². The standard InChI is InChI=1S/C20H20N4O5S/c1-23-18-6-2-5-15(18)17(22-23)12-24(11-13-4-3-9-28-13)30(26,27)14-7-8-19-16(10-14)21-20(25)29-19/h3-4,7-10H,2,5-6,11-12H2,1H3,(H,21,25). The summed E-state index contributed by atoms with van der Waals surface area (Å²) in [5.41, 5.74) is 3.69. The molecule has 0 amide bonds. The van der Waals surface area contributed by atoms with Crippen molar-refractivity contribution in [2.24, 2.45) is 7.05 Å². The van der Waals surface area contributed by atoms with Gasteiger partial charge >= 0.3 is 5.76 Å². The fourth-order valence-electron chi connectivity index (χ4n) is 4.03.